The summed E-state index contributed by atoms with van der Waals surface area (Å²) in [6.45, 7) is 4.08. The summed E-state index contributed by atoms with van der Waals surface area (Å²) < 4.78 is 5.39. The molecule has 1 unspecified atom stereocenters. The van der Waals surface area contributed by atoms with Crippen LogP contribution in [0.5, 0.6) is 5.75 Å². The van der Waals surface area contributed by atoms with E-state index in [9.17, 15) is 0 Å². The molecule has 0 saturated carbocycles. The second-order valence-electron chi connectivity index (χ2n) is 5.76. The van der Waals surface area contributed by atoms with Crippen molar-refractivity contribution in [3.8, 4) is 17.0 Å². The smallest absolute Gasteiger partial charge is 0.177 e. The number of para-hydroxylation sites is 1. The molecule has 0 saturated heterocycles. The highest BCUT2D eigenvalue weighted by Crippen LogP contribution is 2.29. The van der Waals surface area contributed by atoms with Gasteiger partial charge in [-0.25, -0.2) is 9.97 Å². The first-order chi connectivity index (χ1) is 12.2. The molecule has 0 radical (unpaired) electrons. The van der Waals surface area contributed by atoms with Crippen molar-refractivity contribution in [2.45, 2.75) is 19.9 Å². The van der Waals surface area contributed by atoms with Gasteiger partial charge in [0.15, 0.2) is 5.82 Å². The number of benzene rings is 2. The standard InChI is InChI=1S/C20H20N4O/c1-14-8-10-16(11-9-14)15(2)23-24-20-12-18(21-13-22-20)17-6-4-5-7-19(17)25-3/h4-13,15H,1-3H3. The predicted octanol–water partition coefficient (Wildman–Crippen LogP) is 5.31. The van der Waals surface area contributed by atoms with Crippen LogP contribution in [0.3, 0.4) is 0 Å². The molecular weight excluding hydrogens is 312 g/mol. The molecule has 0 aliphatic rings. The van der Waals surface area contributed by atoms with E-state index in [1.54, 1.807) is 7.11 Å². The summed E-state index contributed by atoms with van der Waals surface area (Å²) in [5.74, 6) is 1.28. The lowest BCUT2D eigenvalue weighted by Gasteiger charge is -2.07. The van der Waals surface area contributed by atoms with Gasteiger partial charge in [-0.1, -0.05) is 42.0 Å². The summed E-state index contributed by atoms with van der Waals surface area (Å²) >= 11 is 0. The minimum atomic E-state index is -0.0368. The summed E-state index contributed by atoms with van der Waals surface area (Å²) in [5.41, 5.74) is 4.00. The van der Waals surface area contributed by atoms with E-state index in [0.29, 0.717) is 5.82 Å². The van der Waals surface area contributed by atoms with Crippen LogP contribution in [-0.4, -0.2) is 17.1 Å². The van der Waals surface area contributed by atoms with Crippen LogP contribution in [0.4, 0.5) is 5.82 Å². The summed E-state index contributed by atoms with van der Waals surface area (Å²) in [5, 5.41) is 8.65. The van der Waals surface area contributed by atoms with E-state index in [1.807, 2.05) is 37.3 Å². The Hall–Kier alpha value is -3.08. The first kappa shape index (κ1) is 16.8. The predicted molar refractivity (Wildman–Crippen MR) is 98.1 cm³/mol. The molecule has 25 heavy (non-hydrogen) atoms. The van der Waals surface area contributed by atoms with Crippen LogP contribution in [0.25, 0.3) is 11.3 Å². The van der Waals surface area contributed by atoms with Gasteiger partial charge >= 0.3 is 0 Å². The normalized spacial score (nSPS) is 12.3. The number of aryl methyl sites for hydroxylation is 1. The Bertz CT molecular complexity index is 875. The van der Waals surface area contributed by atoms with E-state index in [-0.39, 0.29) is 6.04 Å². The maximum Gasteiger partial charge on any atom is 0.177 e. The number of rotatable bonds is 5. The molecule has 3 aromatic rings. The van der Waals surface area contributed by atoms with Crippen LogP contribution in [0.15, 0.2) is 71.2 Å². The molecular formula is C20H20N4O. The van der Waals surface area contributed by atoms with Crippen molar-refractivity contribution in [1.82, 2.24) is 9.97 Å². The quantitative estimate of drug-likeness (QED) is 0.595. The lowest BCUT2D eigenvalue weighted by atomic mass is 10.1. The van der Waals surface area contributed by atoms with Crippen molar-refractivity contribution in [2.75, 3.05) is 7.11 Å². The zero-order valence-electron chi connectivity index (χ0n) is 14.5. The fourth-order valence-electron chi connectivity index (χ4n) is 2.46. The zero-order chi connectivity index (χ0) is 17.6. The lowest BCUT2D eigenvalue weighted by Crippen LogP contribution is -1.91. The SMILES string of the molecule is COc1ccccc1-c1cc(N=NC(C)c2ccc(C)cc2)ncn1. The first-order valence-corrected chi connectivity index (χ1v) is 8.10. The van der Waals surface area contributed by atoms with Crippen molar-refractivity contribution < 1.29 is 4.74 Å². The average molecular weight is 332 g/mol. The van der Waals surface area contributed by atoms with E-state index < -0.39 is 0 Å². The average Bonchev–Trinajstić information content (AvgIpc) is 2.67. The maximum atomic E-state index is 5.39. The second-order valence-corrected chi connectivity index (χ2v) is 5.76. The molecule has 0 aliphatic heterocycles. The van der Waals surface area contributed by atoms with Crippen molar-refractivity contribution in [3.63, 3.8) is 0 Å². The highest BCUT2D eigenvalue weighted by atomic mass is 16.5. The number of nitrogens with zero attached hydrogens (tertiary/aromatic N) is 4. The summed E-state index contributed by atoms with van der Waals surface area (Å²) in [7, 11) is 1.64. The van der Waals surface area contributed by atoms with E-state index in [0.717, 1.165) is 22.6 Å². The van der Waals surface area contributed by atoms with Gasteiger partial charge in [-0.05, 0) is 31.5 Å². The molecule has 0 fully saturated rings. The highest BCUT2D eigenvalue weighted by Gasteiger charge is 2.08. The van der Waals surface area contributed by atoms with Gasteiger partial charge < -0.3 is 4.74 Å². The van der Waals surface area contributed by atoms with Crippen LogP contribution in [0.2, 0.25) is 0 Å². The fraction of sp³-hybridized carbons (Fsp3) is 0.200. The van der Waals surface area contributed by atoms with Gasteiger partial charge in [0.1, 0.15) is 12.1 Å². The molecule has 0 bridgehead atoms. The number of methoxy groups -OCH3 is 1. The Labute approximate surface area is 147 Å². The number of ether oxygens (including phenoxy) is 1. The Morgan fingerprint density at radius 1 is 1.00 bits per heavy atom. The van der Waals surface area contributed by atoms with Gasteiger partial charge in [0.2, 0.25) is 0 Å². The molecule has 5 nitrogen and oxygen atoms in total. The summed E-state index contributed by atoms with van der Waals surface area (Å²) in [4.78, 5) is 8.51. The minimum absolute atomic E-state index is 0.0368. The minimum Gasteiger partial charge on any atom is -0.496 e. The molecule has 0 N–H and O–H groups in total. The topological polar surface area (TPSA) is 59.7 Å². The van der Waals surface area contributed by atoms with Crippen molar-refractivity contribution in [3.05, 3.63) is 72.1 Å². The van der Waals surface area contributed by atoms with E-state index in [2.05, 4.69) is 51.4 Å². The maximum absolute atomic E-state index is 5.39. The molecule has 2 aromatic carbocycles. The zero-order valence-corrected chi connectivity index (χ0v) is 14.5. The van der Waals surface area contributed by atoms with Gasteiger partial charge in [0.25, 0.3) is 0 Å². The molecule has 1 aromatic heterocycles. The monoisotopic (exact) mass is 332 g/mol. The van der Waals surface area contributed by atoms with Crippen LogP contribution in [0, 0.1) is 6.92 Å². The molecule has 1 heterocycles. The molecule has 126 valence electrons. The Morgan fingerprint density at radius 3 is 2.52 bits per heavy atom. The first-order valence-electron chi connectivity index (χ1n) is 8.10. The highest BCUT2D eigenvalue weighted by molar-refractivity contribution is 5.68. The van der Waals surface area contributed by atoms with E-state index in [1.165, 1.54) is 11.9 Å². The lowest BCUT2D eigenvalue weighted by molar-refractivity contribution is 0.416. The van der Waals surface area contributed by atoms with Crippen molar-refractivity contribution in [2.24, 2.45) is 10.2 Å². The number of hydrogen-bond acceptors (Lipinski definition) is 5. The molecule has 0 aliphatic carbocycles. The second kappa shape index (κ2) is 7.66. The third-order valence-electron chi connectivity index (χ3n) is 3.93. The Kier molecular flexibility index (Phi) is 5.14. The summed E-state index contributed by atoms with van der Waals surface area (Å²) in [6.07, 6.45) is 1.49. The molecule has 3 rings (SSSR count). The van der Waals surface area contributed by atoms with Crippen molar-refractivity contribution in [1.29, 1.82) is 0 Å². The largest absolute Gasteiger partial charge is 0.496 e. The van der Waals surface area contributed by atoms with Crippen LogP contribution < -0.4 is 4.74 Å². The fourth-order valence-corrected chi connectivity index (χ4v) is 2.46. The van der Waals surface area contributed by atoms with Crippen molar-refractivity contribution >= 4 is 5.82 Å². The van der Waals surface area contributed by atoms with Crippen LogP contribution in [0.1, 0.15) is 24.1 Å². The van der Waals surface area contributed by atoms with Gasteiger partial charge in [-0.2, -0.15) is 5.11 Å². The third kappa shape index (κ3) is 4.07. The van der Waals surface area contributed by atoms with Gasteiger partial charge in [-0.15, -0.1) is 5.11 Å². The van der Waals surface area contributed by atoms with Gasteiger partial charge in [-0.3, -0.25) is 0 Å². The summed E-state index contributed by atoms with van der Waals surface area (Å²) in [6, 6.07) is 17.8. The molecule has 0 amide bonds. The number of azo groups is 1. The Morgan fingerprint density at radius 2 is 1.76 bits per heavy atom. The molecule has 5 heteroatoms. The number of hydrogen-bond donors (Lipinski definition) is 0. The van der Waals surface area contributed by atoms with Gasteiger partial charge in [0, 0.05) is 11.6 Å². The van der Waals surface area contributed by atoms with E-state index >= 15 is 0 Å². The Balaban J connectivity index is 1.83. The number of aromatic nitrogens is 2. The molecule has 1 atom stereocenters. The van der Waals surface area contributed by atoms with Crippen LogP contribution >= 0.6 is 0 Å². The third-order valence-corrected chi connectivity index (χ3v) is 3.93. The van der Waals surface area contributed by atoms with Crippen LogP contribution in [-0.2, 0) is 0 Å². The molecule has 0 spiro atoms. The van der Waals surface area contributed by atoms with E-state index in [4.69, 9.17) is 4.74 Å². The van der Waals surface area contributed by atoms with Gasteiger partial charge in [0.05, 0.1) is 18.8 Å².